The molecule has 2 aromatic carbocycles. The molecule has 0 amide bonds. The molecule has 0 aliphatic carbocycles. The van der Waals surface area contributed by atoms with Crippen molar-refractivity contribution in [1.82, 2.24) is 4.57 Å². The summed E-state index contributed by atoms with van der Waals surface area (Å²) in [5.74, 6) is 0.699. The van der Waals surface area contributed by atoms with Gasteiger partial charge in [0, 0.05) is 5.02 Å². The number of carbonyl (C=O) groups excluding carboxylic acids is 1. The third kappa shape index (κ3) is 5.36. The molecule has 2 atom stereocenters. The number of hydrogen-bond donors (Lipinski definition) is 0. The van der Waals surface area contributed by atoms with E-state index >= 15 is 0 Å². The molecule has 1 aromatic heterocycles. The van der Waals surface area contributed by atoms with E-state index in [4.69, 9.17) is 25.8 Å². The molecule has 0 unspecified atom stereocenters. The lowest BCUT2D eigenvalue weighted by Gasteiger charge is -2.25. The summed E-state index contributed by atoms with van der Waals surface area (Å²) in [6, 6.07) is 12.0. The maximum Gasteiger partial charge on any atom is 0.338 e. The summed E-state index contributed by atoms with van der Waals surface area (Å²) in [5.41, 5.74) is 1.91. The van der Waals surface area contributed by atoms with Gasteiger partial charge >= 0.3 is 5.97 Å². The summed E-state index contributed by atoms with van der Waals surface area (Å²) < 4.78 is 18.8. The first kappa shape index (κ1) is 26.7. The highest BCUT2D eigenvalue weighted by molar-refractivity contribution is 7.07. The summed E-state index contributed by atoms with van der Waals surface area (Å²) in [7, 11) is 1.58. The van der Waals surface area contributed by atoms with Crippen molar-refractivity contribution in [3.63, 3.8) is 0 Å². The molecule has 1 aliphatic rings. The molecule has 37 heavy (non-hydrogen) atoms. The zero-order valence-electron chi connectivity index (χ0n) is 21.4. The third-order valence-corrected chi connectivity index (χ3v) is 7.43. The number of nitrogens with zero attached hydrogens (tertiary/aromatic N) is 2. The summed E-state index contributed by atoms with van der Waals surface area (Å²) in [6.45, 7) is 7.73. The van der Waals surface area contributed by atoms with Crippen LogP contribution in [0.4, 0.5) is 0 Å². The number of rotatable bonds is 8. The van der Waals surface area contributed by atoms with E-state index in [1.165, 1.54) is 15.9 Å². The molecule has 0 fully saturated rings. The minimum atomic E-state index is -0.757. The van der Waals surface area contributed by atoms with Crippen LogP contribution in [0.2, 0.25) is 5.02 Å². The minimum Gasteiger partial charge on any atom is -0.493 e. The summed E-state index contributed by atoms with van der Waals surface area (Å²) in [4.78, 5) is 31.8. The van der Waals surface area contributed by atoms with Gasteiger partial charge in [0.05, 0.1) is 35.6 Å². The number of aromatic nitrogens is 1. The van der Waals surface area contributed by atoms with Gasteiger partial charge in [-0.2, -0.15) is 0 Å². The molecule has 1 aliphatic heterocycles. The fourth-order valence-corrected chi connectivity index (χ4v) is 5.39. The van der Waals surface area contributed by atoms with Gasteiger partial charge in [-0.1, -0.05) is 54.1 Å². The predicted octanol–water partition coefficient (Wildman–Crippen LogP) is 4.64. The molecule has 7 nitrogen and oxygen atoms in total. The van der Waals surface area contributed by atoms with E-state index in [0.717, 1.165) is 12.0 Å². The van der Waals surface area contributed by atoms with Crippen molar-refractivity contribution in [2.24, 2.45) is 4.99 Å². The van der Waals surface area contributed by atoms with Gasteiger partial charge in [0.2, 0.25) is 0 Å². The fraction of sp³-hybridized carbons (Fsp3) is 0.321. The molecule has 2 heterocycles. The second-order valence-electron chi connectivity index (χ2n) is 8.57. The van der Waals surface area contributed by atoms with Crippen LogP contribution in [-0.4, -0.2) is 30.4 Å². The Hall–Kier alpha value is -3.36. The fourth-order valence-electron chi connectivity index (χ4n) is 4.11. The highest BCUT2D eigenvalue weighted by Crippen LogP contribution is 2.34. The maximum atomic E-state index is 13.8. The molecule has 0 saturated heterocycles. The monoisotopic (exact) mass is 540 g/mol. The van der Waals surface area contributed by atoms with Gasteiger partial charge < -0.3 is 14.2 Å². The first-order valence-corrected chi connectivity index (χ1v) is 13.3. The molecule has 0 spiro atoms. The molecule has 4 rings (SSSR count). The molecular weight excluding hydrogens is 512 g/mol. The quantitative estimate of drug-likeness (QED) is 0.389. The molecule has 0 radical (unpaired) electrons. The minimum absolute atomic E-state index is 0.0464. The summed E-state index contributed by atoms with van der Waals surface area (Å²) in [6.07, 6.45) is 2.70. The van der Waals surface area contributed by atoms with Gasteiger partial charge in [-0.25, -0.2) is 9.79 Å². The van der Waals surface area contributed by atoms with Crippen LogP contribution in [-0.2, 0) is 9.53 Å². The molecule has 0 N–H and O–H groups in total. The SMILES string of the molecule is CCOC(=O)C1=C(C)N=c2s/c(=C/c3ccc(O[C@@H](C)CC)c(OC)c3)c(=O)n2[C@@H]1c1ccccc1Cl. The Balaban J connectivity index is 1.87. The number of methoxy groups -OCH3 is 1. The number of fused-ring (bicyclic) bond motifs is 1. The number of hydrogen-bond acceptors (Lipinski definition) is 7. The molecule has 3 aromatic rings. The van der Waals surface area contributed by atoms with Crippen LogP contribution in [0.25, 0.3) is 6.08 Å². The van der Waals surface area contributed by atoms with Crippen LogP contribution >= 0.6 is 22.9 Å². The number of allylic oxidation sites excluding steroid dienone is 1. The molecule has 0 saturated carbocycles. The second kappa shape index (κ2) is 11.4. The second-order valence-corrected chi connectivity index (χ2v) is 9.99. The lowest BCUT2D eigenvalue weighted by atomic mass is 9.96. The van der Waals surface area contributed by atoms with Crippen molar-refractivity contribution >= 4 is 35.0 Å². The van der Waals surface area contributed by atoms with Crippen LogP contribution in [0.3, 0.4) is 0 Å². The smallest absolute Gasteiger partial charge is 0.338 e. The largest absolute Gasteiger partial charge is 0.493 e. The number of halogens is 1. The van der Waals surface area contributed by atoms with Crippen molar-refractivity contribution in [2.45, 2.75) is 46.3 Å². The van der Waals surface area contributed by atoms with E-state index in [9.17, 15) is 9.59 Å². The van der Waals surface area contributed by atoms with Crippen molar-refractivity contribution < 1.29 is 19.0 Å². The Morgan fingerprint density at radius 2 is 1.97 bits per heavy atom. The van der Waals surface area contributed by atoms with E-state index in [1.807, 2.05) is 37.3 Å². The van der Waals surface area contributed by atoms with E-state index < -0.39 is 12.0 Å². The number of ether oxygens (including phenoxy) is 3. The lowest BCUT2D eigenvalue weighted by Crippen LogP contribution is -2.40. The van der Waals surface area contributed by atoms with Crippen LogP contribution in [0.1, 0.15) is 51.3 Å². The molecule has 9 heteroatoms. The van der Waals surface area contributed by atoms with Crippen LogP contribution in [0.15, 0.2) is 63.5 Å². The van der Waals surface area contributed by atoms with Crippen LogP contribution in [0, 0.1) is 0 Å². The average Bonchev–Trinajstić information content (AvgIpc) is 3.18. The summed E-state index contributed by atoms with van der Waals surface area (Å²) >= 11 is 7.80. The van der Waals surface area contributed by atoms with Crippen molar-refractivity contribution in [2.75, 3.05) is 13.7 Å². The number of thiazole rings is 1. The van der Waals surface area contributed by atoms with Gasteiger partial charge in [0.1, 0.15) is 6.04 Å². The van der Waals surface area contributed by atoms with Gasteiger partial charge in [-0.05, 0) is 62.6 Å². The van der Waals surface area contributed by atoms with Gasteiger partial charge in [-0.15, -0.1) is 0 Å². The topological polar surface area (TPSA) is 79.1 Å². The highest BCUT2D eigenvalue weighted by atomic mass is 35.5. The Morgan fingerprint density at radius 3 is 2.65 bits per heavy atom. The van der Waals surface area contributed by atoms with Crippen LogP contribution in [0.5, 0.6) is 11.5 Å². The van der Waals surface area contributed by atoms with Crippen LogP contribution < -0.4 is 24.4 Å². The molecule has 194 valence electrons. The summed E-state index contributed by atoms with van der Waals surface area (Å²) in [5, 5.41) is 0.445. The maximum absolute atomic E-state index is 13.8. The number of benzene rings is 2. The average molecular weight is 541 g/mol. The Bertz CT molecular complexity index is 1540. The van der Waals surface area contributed by atoms with Gasteiger partial charge in [0.25, 0.3) is 5.56 Å². The Morgan fingerprint density at radius 1 is 1.22 bits per heavy atom. The Kier molecular flexibility index (Phi) is 8.19. The standard InChI is InChI=1S/C28H29ClN2O5S/c1-6-16(3)36-21-13-12-18(14-22(21)34-5)15-23-26(32)31-25(19-10-8-9-11-20(19)29)24(27(33)35-7-2)17(4)30-28(31)37-23/h8-16,25H,6-7H2,1-5H3/b23-15+/t16-,25+/m0/s1. The zero-order valence-corrected chi connectivity index (χ0v) is 23.0. The lowest BCUT2D eigenvalue weighted by molar-refractivity contribution is -0.139. The van der Waals surface area contributed by atoms with E-state index in [1.54, 1.807) is 39.2 Å². The number of carbonyl (C=O) groups is 1. The number of esters is 1. The zero-order chi connectivity index (χ0) is 26.7. The van der Waals surface area contributed by atoms with Gasteiger partial charge in [0.15, 0.2) is 16.3 Å². The first-order chi connectivity index (χ1) is 17.8. The van der Waals surface area contributed by atoms with Crippen molar-refractivity contribution in [3.05, 3.63) is 89.6 Å². The predicted molar refractivity (Wildman–Crippen MR) is 145 cm³/mol. The van der Waals surface area contributed by atoms with E-state index in [-0.39, 0.29) is 18.3 Å². The molecule has 0 bridgehead atoms. The molecular formula is C28H29ClN2O5S. The van der Waals surface area contributed by atoms with E-state index in [2.05, 4.69) is 11.9 Å². The highest BCUT2D eigenvalue weighted by Gasteiger charge is 2.34. The normalized spacial score (nSPS) is 16.2. The van der Waals surface area contributed by atoms with Crippen molar-refractivity contribution in [3.8, 4) is 11.5 Å². The van der Waals surface area contributed by atoms with E-state index in [0.29, 0.717) is 42.7 Å². The third-order valence-electron chi connectivity index (χ3n) is 6.11. The Labute approximate surface area is 224 Å². The first-order valence-electron chi connectivity index (χ1n) is 12.1. The van der Waals surface area contributed by atoms with Gasteiger partial charge in [-0.3, -0.25) is 9.36 Å². The van der Waals surface area contributed by atoms with Crippen molar-refractivity contribution in [1.29, 1.82) is 0 Å².